The van der Waals surface area contributed by atoms with Gasteiger partial charge in [-0.15, -0.1) is 5.10 Å². The number of anilines is 1. The van der Waals surface area contributed by atoms with Crippen LogP contribution in [0.5, 0.6) is 0 Å². The van der Waals surface area contributed by atoms with Crippen LogP contribution in [0, 0.1) is 5.92 Å². The molecule has 156 valence electrons. The molecule has 0 saturated carbocycles. The van der Waals surface area contributed by atoms with E-state index in [9.17, 15) is 0 Å². The van der Waals surface area contributed by atoms with Gasteiger partial charge in [0.15, 0.2) is 11.0 Å². The molecule has 9 heteroatoms. The third-order valence-electron chi connectivity index (χ3n) is 5.37. The standard InChI is InChI=1S/C20H29N7OS/c1-15(2)14-17(19-22-23-24-27(19)12-13-28-3)25-8-10-26(11-9-25)20-21-16-6-4-5-7-18(16)29-20/h4-7,15,17H,8-14H2,1-3H3. The highest BCUT2D eigenvalue weighted by Gasteiger charge is 2.30. The maximum Gasteiger partial charge on any atom is 0.186 e. The number of para-hydroxylation sites is 1. The van der Waals surface area contributed by atoms with Gasteiger partial charge < -0.3 is 9.64 Å². The number of nitrogens with zero attached hydrogens (tertiary/aromatic N) is 7. The van der Waals surface area contributed by atoms with Gasteiger partial charge in [-0.05, 0) is 34.9 Å². The Hall–Kier alpha value is -2.10. The summed E-state index contributed by atoms with van der Waals surface area (Å²) in [6.45, 7) is 9.69. The Morgan fingerprint density at radius 1 is 1.14 bits per heavy atom. The molecule has 3 heterocycles. The van der Waals surface area contributed by atoms with Crippen molar-refractivity contribution in [3.63, 3.8) is 0 Å². The van der Waals surface area contributed by atoms with Crippen LogP contribution in [-0.4, -0.2) is 70.0 Å². The summed E-state index contributed by atoms with van der Waals surface area (Å²) in [6, 6.07) is 8.58. The first-order valence-corrected chi connectivity index (χ1v) is 11.1. The summed E-state index contributed by atoms with van der Waals surface area (Å²) >= 11 is 1.78. The monoisotopic (exact) mass is 415 g/mol. The zero-order chi connectivity index (χ0) is 20.2. The Kier molecular flexibility index (Phi) is 6.37. The van der Waals surface area contributed by atoms with Crippen molar-refractivity contribution in [3.8, 4) is 0 Å². The highest BCUT2D eigenvalue weighted by atomic mass is 32.1. The molecule has 1 atom stereocenters. The fourth-order valence-electron chi connectivity index (χ4n) is 3.87. The Balaban J connectivity index is 1.47. The lowest BCUT2D eigenvalue weighted by atomic mass is 10.0. The lowest BCUT2D eigenvalue weighted by Gasteiger charge is -2.39. The van der Waals surface area contributed by atoms with Crippen LogP contribution in [0.4, 0.5) is 5.13 Å². The summed E-state index contributed by atoms with van der Waals surface area (Å²) in [5.74, 6) is 1.51. The van der Waals surface area contributed by atoms with Crippen LogP contribution in [0.2, 0.25) is 0 Å². The predicted molar refractivity (Wildman–Crippen MR) is 115 cm³/mol. The van der Waals surface area contributed by atoms with Crippen LogP contribution in [0.1, 0.15) is 32.1 Å². The Bertz CT molecular complexity index is 883. The van der Waals surface area contributed by atoms with Crippen molar-refractivity contribution >= 4 is 26.7 Å². The topological polar surface area (TPSA) is 72.2 Å². The maximum absolute atomic E-state index is 5.22. The molecule has 0 aliphatic carbocycles. The number of benzene rings is 1. The maximum atomic E-state index is 5.22. The number of methoxy groups -OCH3 is 1. The molecule has 8 nitrogen and oxygen atoms in total. The third kappa shape index (κ3) is 4.57. The zero-order valence-corrected chi connectivity index (χ0v) is 18.2. The molecule has 1 saturated heterocycles. The first kappa shape index (κ1) is 20.2. The molecule has 29 heavy (non-hydrogen) atoms. The van der Waals surface area contributed by atoms with Crippen molar-refractivity contribution in [2.75, 3.05) is 44.8 Å². The van der Waals surface area contributed by atoms with Gasteiger partial charge in [-0.1, -0.05) is 37.3 Å². The number of aromatic nitrogens is 5. The van der Waals surface area contributed by atoms with Gasteiger partial charge in [-0.2, -0.15) is 0 Å². The first-order chi connectivity index (χ1) is 14.2. The fraction of sp³-hybridized carbons (Fsp3) is 0.600. The number of piperazine rings is 1. The second kappa shape index (κ2) is 9.15. The van der Waals surface area contributed by atoms with E-state index in [1.165, 1.54) is 4.70 Å². The lowest BCUT2D eigenvalue weighted by molar-refractivity contribution is 0.145. The van der Waals surface area contributed by atoms with Crippen molar-refractivity contribution in [2.45, 2.75) is 32.9 Å². The van der Waals surface area contributed by atoms with E-state index in [1.807, 2.05) is 10.7 Å². The lowest BCUT2D eigenvalue weighted by Crippen LogP contribution is -2.48. The predicted octanol–water partition coefficient (Wildman–Crippen LogP) is 2.84. The number of fused-ring (bicyclic) bond motifs is 1. The van der Waals surface area contributed by atoms with Crippen LogP contribution in [0.15, 0.2) is 24.3 Å². The highest BCUT2D eigenvalue weighted by molar-refractivity contribution is 7.22. The number of hydrogen-bond donors (Lipinski definition) is 0. The first-order valence-electron chi connectivity index (χ1n) is 10.2. The summed E-state index contributed by atoms with van der Waals surface area (Å²) in [5.41, 5.74) is 1.09. The van der Waals surface area contributed by atoms with Gasteiger partial charge in [0.2, 0.25) is 0 Å². The molecular weight excluding hydrogens is 386 g/mol. The van der Waals surface area contributed by atoms with E-state index < -0.39 is 0 Å². The molecule has 3 aromatic rings. The molecule has 1 aliphatic rings. The van der Waals surface area contributed by atoms with Crippen LogP contribution < -0.4 is 4.90 Å². The van der Waals surface area contributed by atoms with E-state index in [1.54, 1.807) is 18.4 Å². The molecule has 4 rings (SSSR count). The minimum Gasteiger partial charge on any atom is -0.383 e. The van der Waals surface area contributed by atoms with Gasteiger partial charge in [-0.25, -0.2) is 9.67 Å². The van der Waals surface area contributed by atoms with E-state index in [0.717, 1.165) is 49.1 Å². The third-order valence-corrected chi connectivity index (χ3v) is 6.46. The molecule has 1 unspecified atom stereocenters. The van der Waals surface area contributed by atoms with Gasteiger partial charge in [0.05, 0.1) is 29.4 Å². The van der Waals surface area contributed by atoms with Crippen molar-refractivity contribution in [1.29, 1.82) is 0 Å². The number of rotatable bonds is 8. The Labute approximate surface area is 175 Å². The van der Waals surface area contributed by atoms with Crippen molar-refractivity contribution in [1.82, 2.24) is 30.1 Å². The molecule has 0 radical (unpaired) electrons. The summed E-state index contributed by atoms with van der Waals surface area (Å²) in [7, 11) is 1.71. The average Bonchev–Trinajstić information content (AvgIpc) is 3.37. The molecule has 2 aromatic heterocycles. The van der Waals surface area contributed by atoms with Crippen molar-refractivity contribution < 1.29 is 4.74 Å². The molecule has 0 amide bonds. The second-order valence-electron chi connectivity index (χ2n) is 7.89. The van der Waals surface area contributed by atoms with Gasteiger partial charge in [0.25, 0.3) is 0 Å². The fourth-order valence-corrected chi connectivity index (χ4v) is 4.89. The van der Waals surface area contributed by atoms with Crippen LogP contribution in [0.3, 0.4) is 0 Å². The molecular formula is C20H29N7OS. The SMILES string of the molecule is COCCn1nnnc1C(CC(C)C)N1CCN(c2nc3ccccc3s2)CC1. The van der Waals surface area contributed by atoms with Gasteiger partial charge in [-0.3, -0.25) is 4.90 Å². The van der Waals surface area contributed by atoms with Crippen LogP contribution in [-0.2, 0) is 11.3 Å². The minimum absolute atomic E-state index is 0.222. The van der Waals surface area contributed by atoms with Crippen LogP contribution >= 0.6 is 11.3 Å². The molecule has 0 N–H and O–H groups in total. The number of thiazole rings is 1. The largest absolute Gasteiger partial charge is 0.383 e. The second-order valence-corrected chi connectivity index (χ2v) is 8.89. The average molecular weight is 416 g/mol. The van der Waals surface area contributed by atoms with Gasteiger partial charge in [0.1, 0.15) is 0 Å². The van der Waals surface area contributed by atoms with Crippen molar-refractivity contribution in [3.05, 3.63) is 30.1 Å². The highest BCUT2D eigenvalue weighted by Crippen LogP contribution is 2.31. The summed E-state index contributed by atoms with van der Waals surface area (Å²) in [5, 5.41) is 13.6. The summed E-state index contributed by atoms with van der Waals surface area (Å²) < 4.78 is 8.37. The van der Waals surface area contributed by atoms with Crippen molar-refractivity contribution in [2.24, 2.45) is 5.92 Å². The molecule has 1 fully saturated rings. The van der Waals surface area contributed by atoms with E-state index in [4.69, 9.17) is 9.72 Å². The molecule has 0 bridgehead atoms. The smallest absolute Gasteiger partial charge is 0.186 e. The molecule has 0 spiro atoms. The van der Waals surface area contributed by atoms with E-state index in [-0.39, 0.29) is 6.04 Å². The van der Waals surface area contributed by atoms with E-state index in [2.05, 4.69) is 57.4 Å². The normalized spacial score (nSPS) is 16.8. The minimum atomic E-state index is 0.222. The van der Waals surface area contributed by atoms with E-state index >= 15 is 0 Å². The number of ether oxygens (including phenoxy) is 1. The molecule has 1 aliphatic heterocycles. The van der Waals surface area contributed by atoms with Gasteiger partial charge >= 0.3 is 0 Å². The van der Waals surface area contributed by atoms with Gasteiger partial charge in [0, 0.05) is 33.3 Å². The molecule has 1 aromatic carbocycles. The number of hydrogen-bond acceptors (Lipinski definition) is 8. The number of tetrazole rings is 1. The quantitative estimate of drug-likeness (QED) is 0.560. The summed E-state index contributed by atoms with van der Waals surface area (Å²) in [6.07, 6.45) is 1.04. The summed E-state index contributed by atoms with van der Waals surface area (Å²) in [4.78, 5) is 9.76. The van der Waals surface area contributed by atoms with E-state index in [0.29, 0.717) is 19.1 Å². The Morgan fingerprint density at radius 3 is 2.66 bits per heavy atom. The zero-order valence-electron chi connectivity index (χ0n) is 17.4. The van der Waals surface area contributed by atoms with Crippen LogP contribution in [0.25, 0.3) is 10.2 Å². The Morgan fingerprint density at radius 2 is 1.93 bits per heavy atom.